The Morgan fingerprint density at radius 1 is 1.25 bits per heavy atom. The molecule has 24 heavy (non-hydrogen) atoms. The zero-order chi connectivity index (χ0) is 17.7. The molecule has 1 aromatic heterocycles. The number of hydrogen-bond donors (Lipinski definition) is 1. The predicted molar refractivity (Wildman–Crippen MR) is 76.0 cm³/mol. The van der Waals surface area contributed by atoms with E-state index in [-0.39, 0.29) is 17.9 Å². The highest BCUT2D eigenvalue weighted by Gasteiger charge is 2.32. The van der Waals surface area contributed by atoms with Crippen molar-refractivity contribution >= 4 is 11.8 Å². The maximum atomic E-state index is 12.8. The highest BCUT2D eigenvalue weighted by atomic mass is 19.4. The van der Waals surface area contributed by atoms with Gasteiger partial charge < -0.3 is 9.73 Å². The summed E-state index contributed by atoms with van der Waals surface area (Å²) in [7, 11) is 0. The van der Waals surface area contributed by atoms with Crippen LogP contribution in [-0.2, 0) is 6.18 Å². The van der Waals surface area contributed by atoms with Gasteiger partial charge in [0.15, 0.2) is 5.76 Å². The van der Waals surface area contributed by atoms with Crippen molar-refractivity contribution in [3.05, 3.63) is 63.4 Å². The monoisotopic (exact) mass is 338 g/mol. The number of nitrogens with one attached hydrogen (secondary N) is 1. The van der Waals surface area contributed by atoms with E-state index in [9.17, 15) is 28.1 Å². The number of carbonyl (C=O) groups excluding carboxylic acids is 1. The summed E-state index contributed by atoms with van der Waals surface area (Å²) in [5.41, 5.74) is -1.08. The fraction of sp³-hybridized carbons (Fsp3) is 0.133. The van der Waals surface area contributed by atoms with Crippen molar-refractivity contribution in [3.63, 3.8) is 0 Å². The highest BCUT2D eigenvalue weighted by Crippen LogP contribution is 2.31. The molecular weight excluding hydrogens is 329 g/mol. The summed E-state index contributed by atoms with van der Waals surface area (Å²) < 4.78 is 43.0. The van der Waals surface area contributed by atoms with E-state index in [0.29, 0.717) is 0 Å². The smallest absolute Gasteiger partial charge is 0.395 e. The van der Waals surface area contributed by atoms with Gasteiger partial charge in [-0.2, -0.15) is 13.2 Å². The van der Waals surface area contributed by atoms with Crippen LogP contribution in [0.15, 0.2) is 40.8 Å². The minimum atomic E-state index is -4.53. The first-order valence-electron chi connectivity index (χ1n) is 6.46. The Morgan fingerprint density at radius 3 is 2.58 bits per heavy atom. The van der Waals surface area contributed by atoms with Gasteiger partial charge in [-0.05, 0) is 18.2 Å². The number of halogens is 3. The van der Waals surface area contributed by atoms with Crippen molar-refractivity contribution < 1.29 is 27.3 Å². The van der Waals surface area contributed by atoms with Crippen LogP contribution in [0.5, 0.6) is 0 Å². The lowest BCUT2D eigenvalue weighted by Gasteiger charge is -2.08. The maximum absolute atomic E-state index is 12.8. The molecule has 0 radical (unpaired) electrons. The van der Waals surface area contributed by atoms with Crippen molar-refractivity contribution in [2.24, 2.45) is 0 Å². The summed E-state index contributed by atoms with van der Waals surface area (Å²) in [6, 6.07) is 6.91. The summed E-state index contributed by atoms with van der Waals surface area (Å²) in [6.07, 6.45) is -4.53. The van der Waals surface area contributed by atoms with Gasteiger partial charge in [0.05, 0.1) is 18.2 Å². The largest absolute Gasteiger partial charge is 0.433 e. The number of nitro groups is 1. The number of amides is 1. The first-order valence-corrected chi connectivity index (χ1v) is 6.46. The van der Waals surface area contributed by atoms with E-state index in [0.717, 1.165) is 18.2 Å². The second kappa shape index (κ2) is 6.87. The molecule has 6 nitrogen and oxygen atoms in total. The molecule has 0 unspecified atom stereocenters. The van der Waals surface area contributed by atoms with Gasteiger partial charge in [0.25, 0.3) is 5.91 Å². The minimum absolute atomic E-state index is 0.215. The molecule has 0 aliphatic heterocycles. The average molecular weight is 338 g/mol. The quantitative estimate of drug-likeness (QED) is 0.530. The van der Waals surface area contributed by atoms with Crippen LogP contribution in [0.2, 0.25) is 0 Å². The summed E-state index contributed by atoms with van der Waals surface area (Å²) in [5, 5.41) is 12.7. The van der Waals surface area contributed by atoms with Crippen molar-refractivity contribution in [3.8, 4) is 11.8 Å². The lowest BCUT2D eigenvalue weighted by Crippen LogP contribution is -2.23. The Balaban J connectivity index is 2.02. The van der Waals surface area contributed by atoms with Gasteiger partial charge in [0.1, 0.15) is 4.92 Å². The van der Waals surface area contributed by atoms with Crippen LogP contribution in [0.25, 0.3) is 0 Å². The number of nitrogens with zero attached hydrogens (tertiary/aromatic N) is 1. The van der Waals surface area contributed by atoms with E-state index in [4.69, 9.17) is 0 Å². The van der Waals surface area contributed by atoms with E-state index < -0.39 is 28.5 Å². The first-order chi connectivity index (χ1) is 11.3. The summed E-state index contributed by atoms with van der Waals surface area (Å²) in [5.74, 6) is 3.07. The standard InChI is InChI=1S/C15H9F3N2O4/c16-15(17,18)11-6-2-1-4-10(11)5-3-9-19-14(21)12-7-8-13(24-12)20(22)23/h1-2,4,6-8H,9H2,(H,19,21). The molecule has 0 saturated carbocycles. The van der Waals surface area contributed by atoms with Crippen LogP contribution in [0, 0.1) is 22.0 Å². The molecule has 2 aromatic rings. The van der Waals surface area contributed by atoms with Gasteiger partial charge >= 0.3 is 12.1 Å². The molecule has 0 atom stereocenters. The van der Waals surface area contributed by atoms with Crippen LogP contribution in [0.4, 0.5) is 19.1 Å². The van der Waals surface area contributed by atoms with Crippen molar-refractivity contribution in [2.75, 3.05) is 6.54 Å². The third-order valence-corrected chi connectivity index (χ3v) is 2.79. The Hall–Kier alpha value is -3.28. The lowest BCUT2D eigenvalue weighted by atomic mass is 10.1. The van der Waals surface area contributed by atoms with Crippen molar-refractivity contribution in [2.45, 2.75) is 6.18 Å². The lowest BCUT2D eigenvalue weighted by molar-refractivity contribution is -0.402. The van der Waals surface area contributed by atoms with Crippen molar-refractivity contribution in [1.29, 1.82) is 0 Å². The number of hydrogen-bond acceptors (Lipinski definition) is 4. The third kappa shape index (κ3) is 4.13. The Kier molecular flexibility index (Phi) is 4.89. The Morgan fingerprint density at radius 2 is 1.96 bits per heavy atom. The molecule has 124 valence electrons. The first kappa shape index (κ1) is 17.1. The number of carbonyl (C=O) groups is 1. The molecule has 0 aliphatic rings. The Bertz CT molecular complexity index is 831. The second-order valence-corrected chi connectivity index (χ2v) is 4.42. The molecular formula is C15H9F3N2O4. The summed E-state index contributed by atoms with van der Waals surface area (Å²) in [6.45, 7) is -0.250. The molecule has 0 aliphatic carbocycles. The summed E-state index contributed by atoms with van der Waals surface area (Å²) >= 11 is 0. The second-order valence-electron chi connectivity index (χ2n) is 4.42. The van der Waals surface area contributed by atoms with Crippen molar-refractivity contribution in [1.82, 2.24) is 5.32 Å². The van der Waals surface area contributed by atoms with Gasteiger partial charge in [-0.15, -0.1) is 0 Å². The van der Waals surface area contributed by atoms with Crippen LogP contribution in [-0.4, -0.2) is 17.4 Å². The number of furan rings is 1. The van der Waals surface area contributed by atoms with E-state index in [1.54, 1.807) is 0 Å². The topological polar surface area (TPSA) is 85.4 Å². The molecule has 0 fully saturated rings. The van der Waals surface area contributed by atoms with Crippen LogP contribution in [0.1, 0.15) is 21.7 Å². The normalized spacial score (nSPS) is 10.6. The molecule has 2 rings (SSSR count). The SMILES string of the molecule is O=C(NCC#Cc1ccccc1C(F)(F)F)c1ccc([N+](=O)[O-])o1. The zero-order valence-corrected chi connectivity index (χ0v) is 11.9. The molecule has 0 spiro atoms. The van der Waals surface area contributed by atoms with Gasteiger partial charge in [0.2, 0.25) is 0 Å². The Labute approximate surface area is 133 Å². The summed E-state index contributed by atoms with van der Waals surface area (Å²) in [4.78, 5) is 21.3. The van der Waals surface area contributed by atoms with E-state index in [1.807, 2.05) is 0 Å². The number of rotatable bonds is 3. The molecule has 1 aromatic carbocycles. The average Bonchev–Trinajstić information content (AvgIpc) is 3.01. The van der Waals surface area contributed by atoms with Gasteiger partial charge in [-0.3, -0.25) is 14.9 Å². The van der Waals surface area contributed by atoms with Gasteiger partial charge in [-0.1, -0.05) is 24.0 Å². The zero-order valence-electron chi connectivity index (χ0n) is 11.9. The van der Waals surface area contributed by atoms with Gasteiger partial charge in [0, 0.05) is 5.56 Å². The van der Waals surface area contributed by atoms with Crippen LogP contribution in [0.3, 0.4) is 0 Å². The fourth-order valence-corrected chi connectivity index (χ4v) is 1.74. The van der Waals surface area contributed by atoms with E-state index >= 15 is 0 Å². The highest BCUT2D eigenvalue weighted by molar-refractivity contribution is 5.91. The van der Waals surface area contributed by atoms with E-state index in [1.165, 1.54) is 18.2 Å². The maximum Gasteiger partial charge on any atom is 0.433 e. The fourth-order valence-electron chi connectivity index (χ4n) is 1.74. The number of alkyl halides is 3. The number of benzene rings is 1. The van der Waals surface area contributed by atoms with Crippen LogP contribution >= 0.6 is 0 Å². The minimum Gasteiger partial charge on any atom is -0.395 e. The van der Waals surface area contributed by atoms with Crippen LogP contribution < -0.4 is 5.32 Å². The van der Waals surface area contributed by atoms with E-state index in [2.05, 4.69) is 21.6 Å². The molecule has 9 heteroatoms. The molecule has 0 saturated heterocycles. The predicted octanol–water partition coefficient (Wildman–Crippen LogP) is 2.99. The molecule has 1 heterocycles. The molecule has 1 amide bonds. The molecule has 1 N–H and O–H groups in total. The molecule has 0 bridgehead atoms. The third-order valence-electron chi connectivity index (χ3n) is 2.79. The van der Waals surface area contributed by atoms with Gasteiger partial charge in [-0.25, -0.2) is 0 Å².